The first-order valence-corrected chi connectivity index (χ1v) is 6.96. The van der Waals surface area contributed by atoms with E-state index in [9.17, 15) is 4.79 Å². The fourth-order valence-electron chi connectivity index (χ4n) is 2.01. The van der Waals surface area contributed by atoms with Gasteiger partial charge in [-0.1, -0.05) is 36.4 Å². The quantitative estimate of drug-likeness (QED) is 0.770. The number of hydrogen-bond acceptors (Lipinski definition) is 3. The molecule has 5 nitrogen and oxygen atoms in total. The highest BCUT2D eigenvalue weighted by atomic mass is 35.5. The second kappa shape index (κ2) is 5.91. The maximum absolute atomic E-state index is 12.4. The van der Waals surface area contributed by atoms with Gasteiger partial charge in [-0.05, 0) is 24.3 Å². The summed E-state index contributed by atoms with van der Waals surface area (Å²) in [4.78, 5) is 16.5. The first-order valence-electron chi connectivity index (χ1n) is 6.59. The fraction of sp³-hybridized carbons (Fsp3) is 0. The molecule has 0 aliphatic carbocycles. The molecule has 22 heavy (non-hydrogen) atoms. The number of nitrogens with one attached hydrogen (secondary N) is 2. The summed E-state index contributed by atoms with van der Waals surface area (Å²) in [5.74, 6) is 0.593. The van der Waals surface area contributed by atoms with E-state index in [1.165, 1.54) is 10.9 Å². The van der Waals surface area contributed by atoms with E-state index in [0.717, 1.165) is 5.69 Å². The van der Waals surface area contributed by atoms with Crippen LogP contribution in [0.4, 0.5) is 5.82 Å². The molecule has 0 saturated heterocycles. The van der Waals surface area contributed by atoms with Gasteiger partial charge >= 0.3 is 0 Å². The number of halogens is 1. The van der Waals surface area contributed by atoms with Gasteiger partial charge in [0.05, 0.1) is 21.3 Å². The van der Waals surface area contributed by atoms with Crippen molar-refractivity contribution in [2.24, 2.45) is 0 Å². The van der Waals surface area contributed by atoms with Crippen molar-refractivity contribution in [1.82, 2.24) is 14.8 Å². The number of H-pyrrole nitrogens is 1. The van der Waals surface area contributed by atoms with Crippen LogP contribution in [0.3, 0.4) is 0 Å². The average Bonchev–Trinajstić information content (AvgIpc) is 2.82. The zero-order valence-corrected chi connectivity index (χ0v) is 12.3. The van der Waals surface area contributed by atoms with Gasteiger partial charge < -0.3 is 5.32 Å². The Balaban J connectivity index is 2.00. The van der Waals surface area contributed by atoms with E-state index in [4.69, 9.17) is 11.6 Å². The SMILES string of the molecule is C=c1[nH]n(-c2ccccc2)c(=O)c1=CNc1ccc(Cl)cn1. The van der Waals surface area contributed by atoms with Crippen molar-refractivity contribution >= 4 is 30.2 Å². The molecule has 0 radical (unpaired) electrons. The van der Waals surface area contributed by atoms with Gasteiger partial charge in [0, 0.05) is 12.4 Å². The Morgan fingerprint density at radius 2 is 2.00 bits per heavy atom. The number of nitrogens with zero attached hydrogens (tertiary/aromatic N) is 2. The summed E-state index contributed by atoms with van der Waals surface area (Å²) in [7, 11) is 0. The molecule has 1 aromatic carbocycles. The molecule has 0 atom stereocenters. The van der Waals surface area contributed by atoms with Crippen LogP contribution < -0.4 is 21.4 Å². The predicted molar refractivity (Wildman–Crippen MR) is 88.5 cm³/mol. The van der Waals surface area contributed by atoms with E-state index in [1.807, 2.05) is 30.3 Å². The first kappa shape index (κ1) is 14.2. The van der Waals surface area contributed by atoms with E-state index in [1.54, 1.807) is 18.3 Å². The Labute approximate surface area is 131 Å². The number of rotatable bonds is 3. The van der Waals surface area contributed by atoms with Crippen molar-refractivity contribution in [3.8, 4) is 5.69 Å². The van der Waals surface area contributed by atoms with Gasteiger partial charge in [0.1, 0.15) is 5.82 Å². The van der Waals surface area contributed by atoms with Crippen molar-refractivity contribution in [2.45, 2.75) is 0 Å². The molecule has 2 aromatic heterocycles. The van der Waals surface area contributed by atoms with Gasteiger partial charge in [0.25, 0.3) is 5.56 Å². The highest BCUT2D eigenvalue weighted by molar-refractivity contribution is 6.30. The lowest BCUT2D eigenvalue weighted by Crippen LogP contribution is -2.34. The maximum Gasteiger partial charge on any atom is 0.280 e. The Hall–Kier alpha value is -2.79. The van der Waals surface area contributed by atoms with Crippen molar-refractivity contribution < 1.29 is 0 Å². The third kappa shape index (κ3) is 2.80. The number of anilines is 1. The van der Waals surface area contributed by atoms with Crippen LogP contribution in [-0.4, -0.2) is 14.8 Å². The molecule has 110 valence electrons. The maximum atomic E-state index is 12.4. The van der Waals surface area contributed by atoms with Crippen LogP contribution in [0.15, 0.2) is 53.5 Å². The lowest BCUT2D eigenvalue weighted by molar-refractivity contribution is 0.838. The van der Waals surface area contributed by atoms with Gasteiger partial charge in [-0.2, -0.15) is 0 Å². The summed E-state index contributed by atoms with van der Waals surface area (Å²) in [5, 5.41) is 7.44. The van der Waals surface area contributed by atoms with Crippen LogP contribution in [0, 0.1) is 0 Å². The monoisotopic (exact) mass is 312 g/mol. The smallest absolute Gasteiger partial charge is 0.280 e. The van der Waals surface area contributed by atoms with Crippen molar-refractivity contribution in [3.63, 3.8) is 0 Å². The number of pyridine rings is 1. The molecule has 0 spiro atoms. The van der Waals surface area contributed by atoms with Crippen LogP contribution in [-0.2, 0) is 0 Å². The van der Waals surface area contributed by atoms with Crippen molar-refractivity contribution in [1.29, 1.82) is 0 Å². The Bertz CT molecular complexity index is 943. The average molecular weight is 313 g/mol. The highest BCUT2D eigenvalue weighted by Gasteiger charge is 2.03. The number of para-hydroxylation sites is 1. The largest absolute Gasteiger partial charge is 0.346 e. The molecule has 6 heteroatoms. The molecule has 0 amide bonds. The van der Waals surface area contributed by atoms with Gasteiger partial charge in [-0.25, -0.2) is 9.67 Å². The standard InChI is InChI=1S/C16H13ClN4O/c1-11-14(10-19-15-8-7-12(17)9-18-15)16(22)21(20-11)13-5-3-2-4-6-13/h2-10,20H,1H2,(H,18,19). The highest BCUT2D eigenvalue weighted by Crippen LogP contribution is 2.09. The van der Waals surface area contributed by atoms with Crippen LogP contribution >= 0.6 is 11.6 Å². The van der Waals surface area contributed by atoms with E-state index >= 15 is 0 Å². The van der Waals surface area contributed by atoms with E-state index in [-0.39, 0.29) is 5.56 Å². The predicted octanol–water partition coefficient (Wildman–Crippen LogP) is 1.47. The van der Waals surface area contributed by atoms with Crippen LogP contribution in [0.1, 0.15) is 0 Å². The molecule has 3 aromatic rings. The molecule has 0 aliphatic rings. The number of aromatic amines is 1. The topological polar surface area (TPSA) is 62.7 Å². The molecule has 0 saturated carbocycles. The second-order valence-electron chi connectivity index (χ2n) is 4.63. The summed E-state index contributed by atoms with van der Waals surface area (Å²) < 4.78 is 1.45. The van der Waals surface area contributed by atoms with E-state index in [2.05, 4.69) is 22.0 Å². The normalized spacial score (nSPS) is 11.6. The van der Waals surface area contributed by atoms with Gasteiger partial charge in [-0.3, -0.25) is 9.89 Å². The zero-order valence-electron chi connectivity index (χ0n) is 11.6. The summed E-state index contributed by atoms with van der Waals surface area (Å²) in [6, 6.07) is 12.8. The first-order chi connectivity index (χ1) is 10.6. The third-order valence-corrected chi connectivity index (χ3v) is 3.34. The Morgan fingerprint density at radius 1 is 1.23 bits per heavy atom. The number of hydrogen-bond donors (Lipinski definition) is 2. The molecule has 3 rings (SSSR count). The molecule has 0 unspecified atom stereocenters. The van der Waals surface area contributed by atoms with Crippen molar-refractivity contribution in [2.75, 3.05) is 5.32 Å². The van der Waals surface area contributed by atoms with E-state index < -0.39 is 0 Å². The molecule has 2 N–H and O–H groups in total. The number of aromatic nitrogens is 3. The van der Waals surface area contributed by atoms with Gasteiger partial charge in [0.2, 0.25) is 0 Å². The van der Waals surface area contributed by atoms with E-state index in [0.29, 0.717) is 21.4 Å². The Morgan fingerprint density at radius 3 is 2.68 bits per heavy atom. The second-order valence-corrected chi connectivity index (χ2v) is 5.07. The molecule has 0 fully saturated rings. The fourth-order valence-corrected chi connectivity index (χ4v) is 2.12. The third-order valence-electron chi connectivity index (χ3n) is 3.11. The minimum absolute atomic E-state index is 0.183. The van der Waals surface area contributed by atoms with Crippen LogP contribution in [0.25, 0.3) is 18.5 Å². The summed E-state index contributed by atoms with van der Waals surface area (Å²) >= 11 is 5.78. The van der Waals surface area contributed by atoms with Gasteiger partial charge in [0.15, 0.2) is 0 Å². The number of benzene rings is 1. The summed E-state index contributed by atoms with van der Waals surface area (Å²) in [6.45, 7) is 3.86. The lowest BCUT2D eigenvalue weighted by atomic mass is 10.3. The summed E-state index contributed by atoms with van der Waals surface area (Å²) in [6.07, 6.45) is 3.11. The van der Waals surface area contributed by atoms with Crippen LogP contribution in [0.2, 0.25) is 5.02 Å². The minimum Gasteiger partial charge on any atom is -0.346 e. The lowest BCUT2D eigenvalue weighted by Gasteiger charge is -1.99. The van der Waals surface area contributed by atoms with Crippen molar-refractivity contribution in [3.05, 3.63) is 74.6 Å². The molecule has 0 bridgehead atoms. The minimum atomic E-state index is -0.183. The summed E-state index contributed by atoms with van der Waals surface area (Å²) in [5.41, 5.74) is 0.569. The Kier molecular flexibility index (Phi) is 3.80. The van der Waals surface area contributed by atoms with Gasteiger partial charge in [-0.15, -0.1) is 0 Å². The molecular formula is C16H13ClN4O. The van der Waals surface area contributed by atoms with Crippen LogP contribution in [0.5, 0.6) is 0 Å². The molecular weight excluding hydrogens is 300 g/mol. The zero-order chi connectivity index (χ0) is 15.5. The molecule has 0 aliphatic heterocycles. The molecule has 2 heterocycles.